The van der Waals surface area contributed by atoms with E-state index >= 15 is 0 Å². The molecule has 3 heteroatoms. The van der Waals surface area contributed by atoms with Crippen molar-refractivity contribution >= 4 is 0 Å². The fraction of sp³-hybridized carbons (Fsp3) is 1.00. The molecule has 112 valence electrons. The monoisotopic (exact) mass is 267 g/mol. The molecule has 2 N–H and O–H groups in total. The molecule has 0 aliphatic carbocycles. The zero-order valence-electron chi connectivity index (χ0n) is 13.2. The van der Waals surface area contributed by atoms with Gasteiger partial charge in [0.05, 0.1) is 0 Å². The molecule has 1 unspecified atom stereocenters. The van der Waals surface area contributed by atoms with Gasteiger partial charge in [-0.1, -0.05) is 20.8 Å². The van der Waals surface area contributed by atoms with Crippen molar-refractivity contribution in [2.75, 3.05) is 39.3 Å². The maximum absolute atomic E-state index is 6.24. The molecule has 3 nitrogen and oxygen atoms in total. The van der Waals surface area contributed by atoms with Crippen molar-refractivity contribution in [2.24, 2.45) is 11.1 Å². The van der Waals surface area contributed by atoms with Crippen molar-refractivity contribution in [3.63, 3.8) is 0 Å². The van der Waals surface area contributed by atoms with Gasteiger partial charge in [-0.3, -0.25) is 4.90 Å². The molecule has 19 heavy (non-hydrogen) atoms. The van der Waals surface area contributed by atoms with Crippen molar-refractivity contribution in [1.82, 2.24) is 9.80 Å². The molecule has 0 saturated carbocycles. The van der Waals surface area contributed by atoms with Crippen LogP contribution in [0.4, 0.5) is 0 Å². The van der Waals surface area contributed by atoms with E-state index in [-0.39, 0.29) is 5.54 Å². The quantitative estimate of drug-likeness (QED) is 0.848. The lowest BCUT2D eigenvalue weighted by atomic mass is 9.87. The van der Waals surface area contributed by atoms with Crippen LogP contribution >= 0.6 is 0 Å². The summed E-state index contributed by atoms with van der Waals surface area (Å²) in [6.45, 7) is 14.2. The lowest BCUT2D eigenvalue weighted by Gasteiger charge is -2.41. The van der Waals surface area contributed by atoms with E-state index < -0.39 is 0 Å². The molecular formula is C16H33N3. The van der Waals surface area contributed by atoms with Gasteiger partial charge in [0.1, 0.15) is 0 Å². The third kappa shape index (κ3) is 3.50. The van der Waals surface area contributed by atoms with Gasteiger partial charge in [0.2, 0.25) is 0 Å². The SMILES string of the molecule is CCCN1CCCC(CN)(N2CCC(C)(C)C2)CC1. The Labute approximate surface area is 119 Å². The molecule has 0 spiro atoms. The third-order valence-electron chi connectivity index (χ3n) is 5.28. The molecule has 2 aliphatic rings. The number of nitrogens with two attached hydrogens (primary N) is 1. The van der Waals surface area contributed by atoms with Crippen molar-refractivity contribution in [3.05, 3.63) is 0 Å². The summed E-state index contributed by atoms with van der Waals surface area (Å²) in [5.41, 5.74) is 7.01. The summed E-state index contributed by atoms with van der Waals surface area (Å²) in [7, 11) is 0. The van der Waals surface area contributed by atoms with Gasteiger partial charge >= 0.3 is 0 Å². The molecule has 0 amide bonds. The highest BCUT2D eigenvalue weighted by Gasteiger charge is 2.42. The minimum Gasteiger partial charge on any atom is -0.329 e. The number of likely N-dealkylation sites (tertiary alicyclic amines) is 2. The second-order valence-electron chi connectivity index (χ2n) is 7.46. The molecule has 2 fully saturated rings. The summed E-state index contributed by atoms with van der Waals surface area (Å²) in [6, 6.07) is 0. The topological polar surface area (TPSA) is 32.5 Å². The van der Waals surface area contributed by atoms with Crippen LogP contribution < -0.4 is 5.73 Å². The first-order valence-electron chi connectivity index (χ1n) is 8.19. The second-order valence-corrected chi connectivity index (χ2v) is 7.46. The molecule has 2 rings (SSSR count). The van der Waals surface area contributed by atoms with Crippen LogP contribution in [0.25, 0.3) is 0 Å². The Bertz CT molecular complexity index is 290. The standard InChI is InChI=1S/C16H33N3/c1-4-9-18-10-5-6-16(13-17,8-11-18)19-12-7-15(2,3)14-19/h4-14,17H2,1-3H3. The van der Waals surface area contributed by atoms with Crippen LogP contribution in [0.15, 0.2) is 0 Å². The Kier molecular flexibility index (Phi) is 4.91. The summed E-state index contributed by atoms with van der Waals surface area (Å²) >= 11 is 0. The molecule has 2 aliphatic heterocycles. The van der Waals surface area contributed by atoms with E-state index in [9.17, 15) is 0 Å². The van der Waals surface area contributed by atoms with E-state index in [1.807, 2.05) is 0 Å². The van der Waals surface area contributed by atoms with Gasteiger partial charge in [-0.15, -0.1) is 0 Å². The van der Waals surface area contributed by atoms with Crippen LogP contribution in [-0.4, -0.2) is 54.6 Å². The second kappa shape index (κ2) is 6.11. The molecule has 0 aromatic rings. The number of nitrogens with zero attached hydrogens (tertiary/aromatic N) is 2. The van der Waals surface area contributed by atoms with Crippen molar-refractivity contribution in [3.8, 4) is 0 Å². The summed E-state index contributed by atoms with van der Waals surface area (Å²) in [5.74, 6) is 0. The maximum atomic E-state index is 6.24. The summed E-state index contributed by atoms with van der Waals surface area (Å²) in [6.07, 6.45) is 6.47. The number of hydrogen-bond donors (Lipinski definition) is 1. The Hall–Kier alpha value is -0.120. The van der Waals surface area contributed by atoms with Crippen LogP contribution in [0.2, 0.25) is 0 Å². The van der Waals surface area contributed by atoms with E-state index in [1.54, 1.807) is 0 Å². The van der Waals surface area contributed by atoms with Crippen LogP contribution in [0.3, 0.4) is 0 Å². The van der Waals surface area contributed by atoms with Crippen LogP contribution in [0, 0.1) is 5.41 Å². The molecule has 2 heterocycles. The minimum atomic E-state index is 0.288. The van der Waals surface area contributed by atoms with Crippen LogP contribution in [-0.2, 0) is 0 Å². The molecule has 1 atom stereocenters. The van der Waals surface area contributed by atoms with Gasteiger partial charge < -0.3 is 10.6 Å². The van der Waals surface area contributed by atoms with Crippen molar-refractivity contribution in [2.45, 2.75) is 58.4 Å². The van der Waals surface area contributed by atoms with Crippen LogP contribution in [0.5, 0.6) is 0 Å². The predicted molar refractivity (Wildman–Crippen MR) is 82.3 cm³/mol. The highest BCUT2D eigenvalue weighted by molar-refractivity contribution is 4.99. The fourth-order valence-corrected chi connectivity index (χ4v) is 3.94. The zero-order chi connectivity index (χ0) is 13.9. The van der Waals surface area contributed by atoms with Crippen molar-refractivity contribution in [1.29, 1.82) is 0 Å². The van der Waals surface area contributed by atoms with E-state index in [0.29, 0.717) is 5.41 Å². The average molecular weight is 267 g/mol. The molecule has 0 bridgehead atoms. The highest BCUT2D eigenvalue weighted by Crippen LogP contribution is 2.37. The highest BCUT2D eigenvalue weighted by atomic mass is 15.2. The van der Waals surface area contributed by atoms with Crippen LogP contribution in [0.1, 0.15) is 52.9 Å². The number of hydrogen-bond acceptors (Lipinski definition) is 3. The first-order chi connectivity index (χ1) is 9.01. The molecular weight excluding hydrogens is 234 g/mol. The normalized spacial score (nSPS) is 33.5. The Morgan fingerprint density at radius 1 is 1.05 bits per heavy atom. The first-order valence-corrected chi connectivity index (χ1v) is 8.19. The van der Waals surface area contributed by atoms with Gasteiger partial charge in [0.25, 0.3) is 0 Å². The Morgan fingerprint density at radius 2 is 1.84 bits per heavy atom. The number of rotatable bonds is 4. The van der Waals surface area contributed by atoms with E-state index in [2.05, 4.69) is 30.6 Å². The van der Waals surface area contributed by atoms with Gasteiger partial charge in [-0.25, -0.2) is 0 Å². The predicted octanol–water partition coefficient (Wildman–Crippen LogP) is 2.31. The molecule has 2 saturated heterocycles. The smallest absolute Gasteiger partial charge is 0.0344 e. The third-order valence-corrected chi connectivity index (χ3v) is 5.28. The largest absolute Gasteiger partial charge is 0.329 e. The van der Waals surface area contributed by atoms with E-state index in [0.717, 1.165) is 6.54 Å². The molecule has 0 aromatic carbocycles. The average Bonchev–Trinajstić information content (AvgIpc) is 2.62. The lowest BCUT2D eigenvalue weighted by Crippen LogP contribution is -2.53. The summed E-state index contributed by atoms with van der Waals surface area (Å²) in [5, 5.41) is 0. The first kappa shape index (κ1) is 15.3. The van der Waals surface area contributed by atoms with Gasteiger partial charge in [0.15, 0.2) is 0 Å². The molecule has 0 radical (unpaired) electrons. The Morgan fingerprint density at radius 3 is 2.42 bits per heavy atom. The fourth-order valence-electron chi connectivity index (χ4n) is 3.94. The van der Waals surface area contributed by atoms with Gasteiger partial charge in [-0.05, 0) is 63.7 Å². The maximum Gasteiger partial charge on any atom is 0.0344 e. The van der Waals surface area contributed by atoms with Gasteiger partial charge in [-0.2, -0.15) is 0 Å². The van der Waals surface area contributed by atoms with Crippen molar-refractivity contribution < 1.29 is 0 Å². The lowest BCUT2D eigenvalue weighted by molar-refractivity contribution is 0.0936. The van der Waals surface area contributed by atoms with E-state index in [4.69, 9.17) is 5.73 Å². The Balaban J connectivity index is 2.02. The zero-order valence-corrected chi connectivity index (χ0v) is 13.2. The molecule has 0 aromatic heterocycles. The minimum absolute atomic E-state index is 0.288. The summed E-state index contributed by atoms with van der Waals surface area (Å²) < 4.78 is 0. The summed E-state index contributed by atoms with van der Waals surface area (Å²) in [4.78, 5) is 5.36. The van der Waals surface area contributed by atoms with Gasteiger partial charge in [0, 0.05) is 18.6 Å². The van der Waals surface area contributed by atoms with E-state index in [1.165, 1.54) is 64.8 Å².